The van der Waals surface area contributed by atoms with E-state index in [4.69, 9.17) is 5.11 Å². The zero-order valence-corrected chi connectivity index (χ0v) is 13.5. The number of nitrogens with zero attached hydrogens (tertiary/aromatic N) is 1. The summed E-state index contributed by atoms with van der Waals surface area (Å²) in [6.07, 6.45) is 5.81. The largest absolute Gasteiger partial charge is 0.481 e. The fraction of sp³-hybridized carbons (Fsp3) is 0.579. The van der Waals surface area contributed by atoms with Gasteiger partial charge in [-0.2, -0.15) is 0 Å². The van der Waals surface area contributed by atoms with Crippen molar-refractivity contribution in [3.8, 4) is 0 Å². The number of hydrogen-bond acceptors (Lipinski definition) is 2. The lowest BCUT2D eigenvalue weighted by atomic mass is 9.78. The van der Waals surface area contributed by atoms with Gasteiger partial charge in [-0.25, -0.2) is 0 Å². The van der Waals surface area contributed by atoms with Crippen LogP contribution < -0.4 is 0 Å². The van der Waals surface area contributed by atoms with Crippen LogP contribution in [0.1, 0.15) is 56.4 Å². The summed E-state index contributed by atoms with van der Waals surface area (Å²) >= 11 is 0. The van der Waals surface area contributed by atoms with Gasteiger partial charge in [0.25, 0.3) is 0 Å². The summed E-state index contributed by atoms with van der Waals surface area (Å²) in [5.41, 5.74) is 1.38. The van der Waals surface area contributed by atoms with Gasteiger partial charge in [-0.1, -0.05) is 30.3 Å². The highest BCUT2D eigenvalue weighted by Crippen LogP contribution is 2.37. The molecule has 3 rings (SSSR count). The Morgan fingerprint density at radius 2 is 1.74 bits per heavy atom. The number of hydrogen-bond donors (Lipinski definition) is 1. The standard InChI is InChI=1S/C19H25NO3/c21-18(22)13-17-7-4-12-20(17)19(23)16-10-8-15(9-11-16)14-5-2-1-3-6-14/h1-3,5-6,15-17H,4,7-13H2,(H,21,22). The Morgan fingerprint density at radius 3 is 2.39 bits per heavy atom. The van der Waals surface area contributed by atoms with Gasteiger partial charge in [-0.3, -0.25) is 9.59 Å². The Balaban J connectivity index is 1.57. The second kappa shape index (κ2) is 7.16. The molecular formula is C19H25NO3. The quantitative estimate of drug-likeness (QED) is 0.926. The lowest BCUT2D eigenvalue weighted by Crippen LogP contribution is -2.41. The van der Waals surface area contributed by atoms with Gasteiger partial charge in [0.1, 0.15) is 0 Å². The van der Waals surface area contributed by atoms with Crippen molar-refractivity contribution in [1.29, 1.82) is 0 Å². The number of carboxylic acids is 1. The van der Waals surface area contributed by atoms with Gasteiger partial charge in [-0.05, 0) is 50.0 Å². The summed E-state index contributed by atoms with van der Waals surface area (Å²) in [5, 5.41) is 9.01. The number of aliphatic carboxylic acids is 1. The normalized spacial score (nSPS) is 27.8. The van der Waals surface area contributed by atoms with E-state index >= 15 is 0 Å². The van der Waals surface area contributed by atoms with E-state index in [-0.39, 0.29) is 24.3 Å². The fourth-order valence-corrected chi connectivity index (χ4v) is 4.17. The second-order valence-corrected chi connectivity index (χ2v) is 6.88. The van der Waals surface area contributed by atoms with Crippen LogP contribution in [0.15, 0.2) is 30.3 Å². The van der Waals surface area contributed by atoms with Gasteiger partial charge in [0.2, 0.25) is 5.91 Å². The summed E-state index contributed by atoms with van der Waals surface area (Å²) < 4.78 is 0. The van der Waals surface area contributed by atoms with Crippen molar-refractivity contribution in [3.05, 3.63) is 35.9 Å². The van der Waals surface area contributed by atoms with Crippen molar-refractivity contribution in [2.45, 2.75) is 56.9 Å². The molecule has 2 aliphatic rings. The van der Waals surface area contributed by atoms with E-state index in [1.165, 1.54) is 5.56 Å². The van der Waals surface area contributed by atoms with Crippen LogP contribution in [0.5, 0.6) is 0 Å². The summed E-state index contributed by atoms with van der Waals surface area (Å²) in [5.74, 6) is 0.0424. The molecule has 4 heteroatoms. The summed E-state index contributed by atoms with van der Waals surface area (Å²) in [6, 6.07) is 10.5. The number of amides is 1. The molecule has 1 unspecified atom stereocenters. The van der Waals surface area contributed by atoms with E-state index in [0.717, 1.165) is 45.1 Å². The summed E-state index contributed by atoms with van der Waals surface area (Å²) in [4.78, 5) is 25.6. The first-order valence-corrected chi connectivity index (χ1v) is 8.72. The van der Waals surface area contributed by atoms with Crippen LogP contribution >= 0.6 is 0 Å². The van der Waals surface area contributed by atoms with Gasteiger partial charge >= 0.3 is 5.97 Å². The summed E-state index contributed by atoms with van der Waals surface area (Å²) in [7, 11) is 0. The molecule has 1 atom stereocenters. The molecular weight excluding hydrogens is 290 g/mol. The Hall–Kier alpha value is -1.84. The van der Waals surface area contributed by atoms with E-state index in [1.54, 1.807) is 0 Å². The van der Waals surface area contributed by atoms with Crippen molar-refractivity contribution in [2.75, 3.05) is 6.54 Å². The first-order valence-electron chi connectivity index (χ1n) is 8.72. The first-order chi connectivity index (χ1) is 11.1. The topological polar surface area (TPSA) is 57.6 Å². The molecule has 2 fully saturated rings. The van der Waals surface area contributed by atoms with E-state index in [0.29, 0.717) is 5.92 Å². The maximum Gasteiger partial charge on any atom is 0.305 e. The predicted molar refractivity (Wildman–Crippen MR) is 88.1 cm³/mol. The average Bonchev–Trinajstić information content (AvgIpc) is 3.02. The minimum absolute atomic E-state index is 0.0874. The molecule has 124 valence electrons. The van der Waals surface area contributed by atoms with Crippen LogP contribution in [0, 0.1) is 5.92 Å². The molecule has 4 nitrogen and oxygen atoms in total. The number of carboxylic acid groups (broad SMARTS) is 1. The van der Waals surface area contributed by atoms with Crippen molar-refractivity contribution < 1.29 is 14.7 Å². The molecule has 23 heavy (non-hydrogen) atoms. The highest BCUT2D eigenvalue weighted by Gasteiger charge is 2.35. The fourth-order valence-electron chi connectivity index (χ4n) is 4.17. The van der Waals surface area contributed by atoms with Crippen LogP contribution in [0.4, 0.5) is 0 Å². The van der Waals surface area contributed by atoms with Gasteiger partial charge in [0, 0.05) is 18.5 Å². The summed E-state index contributed by atoms with van der Waals surface area (Å²) in [6.45, 7) is 0.732. The third-order valence-electron chi connectivity index (χ3n) is 5.42. The monoisotopic (exact) mass is 315 g/mol. The Labute approximate surface area is 137 Å². The van der Waals surface area contributed by atoms with Crippen molar-refractivity contribution in [3.63, 3.8) is 0 Å². The minimum Gasteiger partial charge on any atom is -0.481 e. The van der Waals surface area contributed by atoms with Crippen LogP contribution in [0.3, 0.4) is 0 Å². The van der Waals surface area contributed by atoms with Crippen LogP contribution in [-0.2, 0) is 9.59 Å². The molecule has 1 saturated heterocycles. The van der Waals surface area contributed by atoms with E-state index in [1.807, 2.05) is 11.0 Å². The van der Waals surface area contributed by atoms with E-state index in [9.17, 15) is 9.59 Å². The van der Waals surface area contributed by atoms with E-state index < -0.39 is 5.97 Å². The van der Waals surface area contributed by atoms with E-state index in [2.05, 4.69) is 24.3 Å². The molecule has 0 radical (unpaired) electrons. The van der Waals surface area contributed by atoms with Gasteiger partial charge in [-0.15, -0.1) is 0 Å². The van der Waals surface area contributed by atoms with Gasteiger partial charge in [0.05, 0.1) is 6.42 Å². The lowest BCUT2D eigenvalue weighted by molar-refractivity contribution is -0.141. The number of carbonyl (C=O) groups excluding carboxylic acids is 1. The Bertz CT molecular complexity index is 549. The van der Waals surface area contributed by atoms with Gasteiger partial charge in [0.15, 0.2) is 0 Å². The number of likely N-dealkylation sites (tertiary alicyclic amines) is 1. The molecule has 0 aromatic heterocycles. The highest BCUT2D eigenvalue weighted by atomic mass is 16.4. The van der Waals surface area contributed by atoms with Crippen molar-refractivity contribution >= 4 is 11.9 Å². The molecule has 1 heterocycles. The average molecular weight is 315 g/mol. The molecule has 1 aliphatic carbocycles. The molecule has 1 amide bonds. The van der Waals surface area contributed by atoms with Crippen molar-refractivity contribution in [1.82, 2.24) is 4.90 Å². The number of benzene rings is 1. The second-order valence-electron chi connectivity index (χ2n) is 6.88. The third-order valence-corrected chi connectivity index (χ3v) is 5.42. The molecule has 1 N–H and O–H groups in total. The zero-order valence-electron chi connectivity index (χ0n) is 13.5. The lowest BCUT2D eigenvalue weighted by Gasteiger charge is -2.33. The maximum absolute atomic E-state index is 12.8. The SMILES string of the molecule is O=C(O)CC1CCCN1C(=O)C1CCC(c2ccccc2)CC1. The number of rotatable bonds is 4. The molecule has 0 bridgehead atoms. The third kappa shape index (κ3) is 3.74. The first kappa shape index (κ1) is 16.0. The predicted octanol–water partition coefficient (Wildman–Crippen LogP) is 3.43. The minimum atomic E-state index is -0.803. The highest BCUT2D eigenvalue weighted by molar-refractivity contribution is 5.80. The Kier molecular flexibility index (Phi) is 4.99. The molecule has 0 spiro atoms. The Morgan fingerprint density at radius 1 is 1.04 bits per heavy atom. The zero-order chi connectivity index (χ0) is 16.2. The molecule has 1 aromatic rings. The smallest absolute Gasteiger partial charge is 0.305 e. The van der Waals surface area contributed by atoms with Crippen LogP contribution in [0.2, 0.25) is 0 Å². The van der Waals surface area contributed by atoms with Crippen molar-refractivity contribution in [2.24, 2.45) is 5.92 Å². The van der Waals surface area contributed by atoms with Crippen LogP contribution in [-0.4, -0.2) is 34.5 Å². The molecule has 1 saturated carbocycles. The molecule has 1 aromatic carbocycles. The number of carbonyl (C=O) groups is 2. The van der Waals surface area contributed by atoms with Crippen LogP contribution in [0.25, 0.3) is 0 Å². The van der Waals surface area contributed by atoms with Gasteiger partial charge < -0.3 is 10.0 Å². The molecule has 1 aliphatic heterocycles. The maximum atomic E-state index is 12.8.